The SMILES string of the molecule is CN(Cc1ccccc1)C(=O)CCNC(=O)CCl. The molecule has 0 heterocycles. The summed E-state index contributed by atoms with van der Waals surface area (Å²) in [4.78, 5) is 24.3. The highest BCUT2D eigenvalue weighted by Crippen LogP contribution is 2.03. The summed E-state index contributed by atoms with van der Waals surface area (Å²) in [5.41, 5.74) is 1.08. The van der Waals surface area contributed by atoms with Crippen LogP contribution in [0, 0.1) is 0 Å². The molecular weight excluding hydrogens is 252 g/mol. The van der Waals surface area contributed by atoms with E-state index < -0.39 is 0 Å². The third-order valence-electron chi connectivity index (χ3n) is 2.47. The molecule has 0 fully saturated rings. The van der Waals surface area contributed by atoms with Gasteiger partial charge in [-0.15, -0.1) is 11.6 Å². The van der Waals surface area contributed by atoms with E-state index in [1.165, 1.54) is 0 Å². The van der Waals surface area contributed by atoms with Crippen molar-refractivity contribution in [1.82, 2.24) is 10.2 Å². The smallest absolute Gasteiger partial charge is 0.234 e. The number of hydrogen-bond donors (Lipinski definition) is 1. The minimum Gasteiger partial charge on any atom is -0.355 e. The van der Waals surface area contributed by atoms with Crippen molar-refractivity contribution in [2.75, 3.05) is 19.5 Å². The summed E-state index contributed by atoms with van der Waals surface area (Å²) in [5, 5.41) is 2.56. The molecule has 0 saturated heterocycles. The Morgan fingerprint density at radius 2 is 1.94 bits per heavy atom. The third kappa shape index (κ3) is 5.19. The highest BCUT2D eigenvalue weighted by Gasteiger charge is 2.09. The zero-order valence-electron chi connectivity index (χ0n) is 10.4. The van der Waals surface area contributed by atoms with Crippen LogP contribution in [0.15, 0.2) is 30.3 Å². The van der Waals surface area contributed by atoms with Crippen molar-refractivity contribution in [3.63, 3.8) is 0 Å². The standard InChI is InChI=1S/C13H17ClN2O2/c1-16(10-11-5-3-2-4-6-11)13(18)7-8-15-12(17)9-14/h2-6H,7-10H2,1H3,(H,15,17). The van der Waals surface area contributed by atoms with Gasteiger partial charge in [0, 0.05) is 26.6 Å². The zero-order valence-corrected chi connectivity index (χ0v) is 11.1. The average Bonchev–Trinajstić information content (AvgIpc) is 2.39. The molecule has 0 atom stereocenters. The molecule has 5 heteroatoms. The minimum absolute atomic E-state index is 0.00581. The Hall–Kier alpha value is -1.55. The number of alkyl halides is 1. The quantitative estimate of drug-likeness (QED) is 0.793. The number of nitrogens with zero attached hydrogens (tertiary/aromatic N) is 1. The van der Waals surface area contributed by atoms with Gasteiger partial charge in [0.2, 0.25) is 11.8 Å². The highest BCUT2D eigenvalue weighted by molar-refractivity contribution is 6.27. The van der Waals surface area contributed by atoms with Crippen LogP contribution in [-0.2, 0) is 16.1 Å². The predicted molar refractivity (Wildman–Crippen MR) is 71.3 cm³/mol. The van der Waals surface area contributed by atoms with E-state index in [-0.39, 0.29) is 24.1 Å². The first-order valence-corrected chi connectivity index (χ1v) is 6.27. The summed E-state index contributed by atoms with van der Waals surface area (Å²) in [6, 6.07) is 9.76. The summed E-state index contributed by atoms with van der Waals surface area (Å²) >= 11 is 5.33. The minimum atomic E-state index is -0.254. The van der Waals surface area contributed by atoms with E-state index in [2.05, 4.69) is 5.32 Å². The van der Waals surface area contributed by atoms with Gasteiger partial charge in [0.05, 0.1) is 0 Å². The first-order chi connectivity index (χ1) is 8.63. The number of carbonyl (C=O) groups is 2. The molecule has 98 valence electrons. The summed E-state index contributed by atoms with van der Waals surface area (Å²) in [6.07, 6.45) is 0.284. The van der Waals surface area contributed by atoms with Crippen molar-refractivity contribution >= 4 is 23.4 Å². The molecule has 0 spiro atoms. The van der Waals surface area contributed by atoms with Gasteiger partial charge in [-0.25, -0.2) is 0 Å². The molecule has 1 aromatic rings. The molecule has 0 aromatic heterocycles. The molecule has 0 saturated carbocycles. The largest absolute Gasteiger partial charge is 0.355 e. The summed E-state index contributed by atoms with van der Waals surface area (Å²) in [7, 11) is 1.75. The fourth-order valence-electron chi connectivity index (χ4n) is 1.49. The molecule has 1 N–H and O–H groups in total. The maximum atomic E-state index is 11.8. The normalized spacial score (nSPS) is 9.89. The van der Waals surface area contributed by atoms with E-state index in [9.17, 15) is 9.59 Å². The van der Waals surface area contributed by atoms with Crippen LogP contribution < -0.4 is 5.32 Å². The van der Waals surface area contributed by atoms with Gasteiger partial charge < -0.3 is 10.2 Å². The lowest BCUT2D eigenvalue weighted by Gasteiger charge is -2.17. The summed E-state index contributed by atoms with van der Waals surface area (Å²) in [5.74, 6) is -0.336. The Morgan fingerprint density at radius 1 is 1.28 bits per heavy atom. The Bertz CT molecular complexity index is 395. The molecule has 0 bridgehead atoms. The van der Waals surface area contributed by atoms with Gasteiger partial charge in [-0.05, 0) is 5.56 Å². The van der Waals surface area contributed by atoms with E-state index in [0.29, 0.717) is 13.1 Å². The van der Waals surface area contributed by atoms with Gasteiger partial charge in [0.25, 0.3) is 0 Å². The highest BCUT2D eigenvalue weighted by atomic mass is 35.5. The van der Waals surface area contributed by atoms with Gasteiger partial charge in [0.1, 0.15) is 5.88 Å². The van der Waals surface area contributed by atoms with E-state index in [1.54, 1.807) is 11.9 Å². The number of rotatable bonds is 6. The lowest BCUT2D eigenvalue weighted by Crippen LogP contribution is -2.32. The first kappa shape index (κ1) is 14.5. The molecule has 18 heavy (non-hydrogen) atoms. The topological polar surface area (TPSA) is 49.4 Å². The number of hydrogen-bond acceptors (Lipinski definition) is 2. The molecule has 4 nitrogen and oxygen atoms in total. The van der Waals surface area contributed by atoms with Crippen molar-refractivity contribution in [1.29, 1.82) is 0 Å². The third-order valence-corrected chi connectivity index (χ3v) is 2.71. The second-order valence-electron chi connectivity index (χ2n) is 3.97. The molecule has 2 amide bonds. The first-order valence-electron chi connectivity index (χ1n) is 5.74. The molecule has 0 aliphatic carbocycles. The summed E-state index contributed by atoms with van der Waals surface area (Å²) in [6.45, 7) is 0.895. The van der Waals surface area contributed by atoms with Gasteiger partial charge in [0.15, 0.2) is 0 Å². The van der Waals surface area contributed by atoms with Gasteiger partial charge in [-0.2, -0.15) is 0 Å². The zero-order chi connectivity index (χ0) is 13.4. The Labute approximate surface area is 112 Å². The average molecular weight is 269 g/mol. The van der Waals surface area contributed by atoms with Crippen LogP contribution in [0.1, 0.15) is 12.0 Å². The fourth-order valence-corrected chi connectivity index (χ4v) is 1.59. The van der Waals surface area contributed by atoms with E-state index in [1.807, 2.05) is 30.3 Å². The number of amides is 2. The van der Waals surface area contributed by atoms with Crippen LogP contribution in [-0.4, -0.2) is 36.2 Å². The van der Waals surface area contributed by atoms with Crippen LogP contribution >= 0.6 is 11.6 Å². The van der Waals surface area contributed by atoms with Crippen molar-refractivity contribution in [2.24, 2.45) is 0 Å². The second-order valence-corrected chi connectivity index (χ2v) is 4.24. The van der Waals surface area contributed by atoms with Crippen LogP contribution in [0.25, 0.3) is 0 Å². The maximum absolute atomic E-state index is 11.8. The molecule has 0 radical (unpaired) electrons. The van der Waals surface area contributed by atoms with E-state index in [4.69, 9.17) is 11.6 Å². The van der Waals surface area contributed by atoms with Crippen molar-refractivity contribution < 1.29 is 9.59 Å². The molecule has 1 aromatic carbocycles. The van der Waals surface area contributed by atoms with Crippen LogP contribution in [0.2, 0.25) is 0 Å². The number of halogens is 1. The van der Waals surface area contributed by atoms with Gasteiger partial charge in [-0.3, -0.25) is 9.59 Å². The van der Waals surface area contributed by atoms with E-state index in [0.717, 1.165) is 5.56 Å². The Balaban J connectivity index is 2.31. The van der Waals surface area contributed by atoms with E-state index >= 15 is 0 Å². The number of carbonyl (C=O) groups excluding carboxylic acids is 2. The van der Waals surface area contributed by atoms with Crippen molar-refractivity contribution in [3.8, 4) is 0 Å². The fraction of sp³-hybridized carbons (Fsp3) is 0.385. The molecular formula is C13H17ClN2O2. The van der Waals surface area contributed by atoms with Crippen LogP contribution in [0.4, 0.5) is 0 Å². The Morgan fingerprint density at radius 3 is 2.56 bits per heavy atom. The monoisotopic (exact) mass is 268 g/mol. The lowest BCUT2D eigenvalue weighted by molar-refractivity contribution is -0.130. The molecule has 1 rings (SSSR count). The molecule has 0 aliphatic rings. The predicted octanol–water partition coefficient (Wildman–Crippen LogP) is 1.39. The summed E-state index contributed by atoms with van der Waals surface area (Å²) < 4.78 is 0. The maximum Gasteiger partial charge on any atom is 0.234 e. The van der Waals surface area contributed by atoms with Crippen molar-refractivity contribution in [2.45, 2.75) is 13.0 Å². The Kier molecular flexibility index (Phi) is 6.22. The number of benzene rings is 1. The molecule has 0 unspecified atom stereocenters. The second kappa shape index (κ2) is 7.71. The van der Waals surface area contributed by atoms with Gasteiger partial charge in [-0.1, -0.05) is 30.3 Å². The van der Waals surface area contributed by atoms with Gasteiger partial charge >= 0.3 is 0 Å². The van der Waals surface area contributed by atoms with Crippen LogP contribution in [0.3, 0.4) is 0 Å². The molecule has 0 aliphatic heterocycles. The van der Waals surface area contributed by atoms with Crippen molar-refractivity contribution in [3.05, 3.63) is 35.9 Å². The lowest BCUT2D eigenvalue weighted by atomic mass is 10.2. The van der Waals surface area contributed by atoms with Crippen LogP contribution in [0.5, 0.6) is 0 Å². The number of nitrogens with one attached hydrogen (secondary N) is 1.